The Bertz CT molecular complexity index is 646. The molecule has 0 bridgehead atoms. The summed E-state index contributed by atoms with van der Waals surface area (Å²) < 4.78 is 4.00. The minimum atomic E-state index is -1.08. The van der Waals surface area contributed by atoms with Gasteiger partial charge in [-0.15, -0.1) is 23.2 Å². The van der Waals surface area contributed by atoms with E-state index in [2.05, 4.69) is 11.4 Å². The minimum absolute atomic E-state index is 0.0252. The number of fused-ring (bicyclic) bond motifs is 1. The third-order valence-electron chi connectivity index (χ3n) is 4.75. The van der Waals surface area contributed by atoms with Crippen molar-refractivity contribution in [1.82, 2.24) is 5.32 Å². The van der Waals surface area contributed by atoms with Gasteiger partial charge in [-0.1, -0.05) is 24.3 Å². The molecule has 124 valence electrons. The molecule has 23 heavy (non-hydrogen) atoms. The average molecular weight is 356 g/mol. The van der Waals surface area contributed by atoms with Gasteiger partial charge >= 0.3 is 5.97 Å². The molecule has 6 heteroatoms. The summed E-state index contributed by atoms with van der Waals surface area (Å²) in [5.74, 6) is -0.833. The van der Waals surface area contributed by atoms with E-state index in [0.29, 0.717) is 6.42 Å². The second kappa shape index (κ2) is 5.99. The molecule has 1 fully saturated rings. The molecular weight excluding hydrogens is 337 g/mol. The molecule has 2 aliphatic rings. The first-order valence-corrected chi connectivity index (χ1v) is 8.51. The van der Waals surface area contributed by atoms with Gasteiger partial charge in [0.25, 0.3) is 5.91 Å². The third-order valence-corrected chi connectivity index (χ3v) is 5.85. The van der Waals surface area contributed by atoms with Crippen molar-refractivity contribution < 1.29 is 14.3 Å². The van der Waals surface area contributed by atoms with Crippen LogP contribution in [0.4, 0.5) is 0 Å². The number of carbonyl (C=O) groups is 2. The minimum Gasteiger partial charge on any atom is -0.455 e. The van der Waals surface area contributed by atoms with Crippen LogP contribution in [-0.4, -0.2) is 22.8 Å². The van der Waals surface area contributed by atoms with Crippen LogP contribution in [0.1, 0.15) is 43.4 Å². The molecule has 1 aromatic carbocycles. The van der Waals surface area contributed by atoms with Crippen molar-refractivity contribution in [3.05, 3.63) is 35.4 Å². The predicted molar refractivity (Wildman–Crippen MR) is 88.4 cm³/mol. The van der Waals surface area contributed by atoms with E-state index in [1.165, 1.54) is 5.56 Å². The molecule has 2 atom stereocenters. The number of ether oxygens (including phenoxy) is 1. The Labute approximate surface area is 145 Å². The van der Waals surface area contributed by atoms with Gasteiger partial charge in [0.15, 0.2) is 6.61 Å². The third kappa shape index (κ3) is 3.20. The standard InChI is InChI=1S/C17H19Cl2NO3/c1-16(10-17(16,18)19)15(22)23-9-14(21)20-13-8-4-6-11-5-2-3-7-12(11)13/h2-3,5,7,13H,4,6,8-10H2,1H3,(H,20,21)/t13-,16-/m1/s1. The van der Waals surface area contributed by atoms with Gasteiger partial charge in [-0.3, -0.25) is 9.59 Å². The number of esters is 1. The first-order valence-electron chi connectivity index (χ1n) is 7.76. The van der Waals surface area contributed by atoms with Crippen molar-refractivity contribution in [1.29, 1.82) is 0 Å². The van der Waals surface area contributed by atoms with Crippen LogP contribution in [0.25, 0.3) is 0 Å². The maximum absolute atomic E-state index is 12.1. The normalized spacial score (nSPS) is 27.7. The monoisotopic (exact) mass is 355 g/mol. The Hall–Kier alpha value is -1.26. The van der Waals surface area contributed by atoms with Gasteiger partial charge in [0.2, 0.25) is 0 Å². The molecule has 1 amide bonds. The Morgan fingerprint density at radius 2 is 2.04 bits per heavy atom. The fourth-order valence-electron chi connectivity index (χ4n) is 3.05. The van der Waals surface area contributed by atoms with Crippen LogP contribution < -0.4 is 5.32 Å². The highest BCUT2D eigenvalue weighted by molar-refractivity contribution is 6.53. The molecule has 1 aromatic rings. The first-order chi connectivity index (χ1) is 10.8. The van der Waals surface area contributed by atoms with Crippen molar-refractivity contribution >= 4 is 35.1 Å². The molecule has 0 saturated heterocycles. The number of nitrogens with one attached hydrogen (secondary N) is 1. The molecule has 1 saturated carbocycles. The topological polar surface area (TPSA) is 55.4 Å². The molecule has 0 spiro atoms. The lowest BCUT2D eigenvalue weighted by Gasteiger charge is -2.26. The largest absolute Gasteiger partial charge is 0.455 e. The van der Waals surface area contributed by atoms with Crippen LogP contribution in [0.5, 0.6) is 0 Å². The highest BCUT2D eigenvalue weighted by atomic mass is 35.5. The zero-order valence-corrected chi connectivity index (χ0v) is 14.4. The molecule has 0 aliphatic heterocycles. The summed E-state index contributed by atoms with van der Waals surface area (Å²) in [6.45, 7) is 1.33. The molecule has 4 nitrogen and oxygen atoms in total. The fourth-order valence-corrected chi connectivity index (χ4v) is 3.74. The predicted octanol–water partition coefficient (Wildman–Crippen LogP) is 3.31. The number of rotatable bonds is 4. The van der Waals surface area contributed by atoms with Gasteiger partial charge in [0.05, 0.1) is 6.04 Å². The van der Waals surface area contributed by atoms with E-state index < -0.39 is 15.7 Å². The fraction of sp³-hybridized carbons (Fsp3) is 0.529. The summed E-state index contributed by atoms with van der Waals surface area (Å²) >= 11 is 11.9. The number of carbonyl (C=O) groups excluding carboxylic acids is 2. The van der Waals surface area contributed by atoms with E-state index in [-0.39, 0.29) is 18.6 Å². The summed E-state index contributed by atoms with van der Waals surface area (Å²) in [6, 6.07) is 8.07. The molecule has 0 radical (unpaired) electrons. The number of alkyl halides is 2. The molecule has 3 rings (SSSR count). The highest BCUT2D eigenvalue weighted by Gasteiger charge is 2.69. The van der Waals surface area contributed by atoms with Gasteiger partial charge in [-0.05, 0) is 37.3 Å². The summed E-state index contributed by atoms with van der Waals surface area (Å²) in [6.07, 6.45) is 3.30. The number of hydrogen-bond acceptors (Lipinski definition) is 3. The Morgan fingerprint density at radius 3 is 2.74 bits per heavy atom. The van der Waals surface area contributed by atoms with Crippen LogP contribution >= 0.6 is 23.2 Å². The van der Waals surface area contributed by atoms with Gasteiger partial charge in [0, 0.05) is 6.42 Å². The number of amides is 1. The van der Waals surface area contributed by atoms with Crippen molar-refractivity contribution in [2.75, 3.05) is 6.61 Å². The molecular formula is C17H19Cl2NO3. The smallest absolute Gasteiger partial charge is 0.315 e. The SMILES string of the molecule is C[C@]1(C(=O)OCC(=O)N[C@@H]2CCCc3ccccc32)CC1(Cl)Cl. The molecule has 0 heterocycles. The van der Waals surface area contributed by atoms with Crippen molar-refractivity contribution in [3.8, 4) is 0 Å². The van der Waals surface area contributed by atoms with Gasteiger partial charge in [-0.25, -0.2) is 0 Å². The summed E-state index contributed by atoms with van der Waals surface area (Å²) in [4.78, 5) is 24.0. The molecule has 0 unspecified atom stereocenters. The summed E-state index contributed by atoms with van der Waals surface area (Å²) in [5.41, 5.74) is 1.50. The quantitative estimate of drug-likeness (QED) is 0.665. The van der Waals surface area contributed by atoms with Gasteiger partial charge in [-0.2, -0.15) is 0 Å². The lowest BCUT2D eigenvalue weighted by Crippen LogP contribution is -2.35. The molecule has 1 N–H and O–H groups in total. The van der Waals surface area contributed by atoms with Crippen molar-refractivity contribution in [2.45, 2.75) is 43.0 Å². The number of benzene rings is 1. The van der Waals surface area contributed by atoms with Crippen molar-refractivity contribution in [2.24, 2.45) is 5.41 Å². The van der Waals surface area contributed by atoms with E-state index in [1.54, 1.807) is 6.92 Å². The van der Waals surface area contributed by atoms with Crippen LogP contribution in [-0.2, 0) is 20.7 Å². The maximum Gasteiger partial charge on any atom is 0.315 e. The average Bonchev–Trinajstić information content (AvgIpc) is 3.05. The summed E-state index contributed by atoms with van der Waals surface area (Å²) in [7, 11) is 0. The second-order valence-electron chi connectivity index (χ2n) is 6.50. The van der Waals surface area contributed by atoms with E-state index in [0.717, 1.165) is 24.8 Å². The highest BCUT2D eigenvalue weighted by Crippen LogP contribution is 2.64. The van der Waals surface area contributed by atoms with E-state index in [1.807, 2.05) is 18.2 Å². The Balaban J connectivity index is 1.54. The molecule has 2 aliphatic carbocycles. The van der Waals surface area contributed by atoms with E-state index in [9.17, 15) is 9.59 Å². The summed E-state index contributed by atoms with van der Waals surface area (Å²) in [5, 5.41) is 2.94. The Kier molecular flexibility index (Phi) is 4.32. The molecule has 0 aromatic heterocycles. The number of halogens is 2. The number of hydrogen-bond donors (Lipinski definition) is 1. The second-order valence-corrected chi connectivity index (χ2v) is 7.98. The van der Waals surface area contributed by atoms with Crippen LogP contribution in [0.15, 0.2) is 24.3 Å². The zero-order chi connectivity index (χ0) is 16.7. The Morgan fingerprint density at radius 1 is 1.35 bits per heavy atom. The zero-order valence-electron chi connectivity index (χ0n) is 12.9. The van der Waals surface area contributed by atoms with E-state index in [4.69, 9.17) is 27.9 Å². The van der Waals surface area contributed by atoms with Crippen LogP contribution in [0.2, 0.25) is 0 Å². The van der Waals surface area contributed by atoms with Gasteiger partial charge < -0.3 is 10.1 Å². The number of aryl methyl sites for hydroxylation is 1. The van der Waals surface area contributed by atoms with E-state index >= 15 is 0 Å². The maximum atomic E-state index is 12.1. The lowest BCUT2D eigenvalue weighted by molar-refractivity contribution is -0.153. The van der Waals surface area contributed by atoms with Crippen molar-refractivity contribution in [3.63, 3.8) is 0 Å². The van der Waals surface area contributed by atoms with Crippen LogP contribution in [0, 0.1) is 5.41 Å². The lowest BCUT2D eigenvalue weighted by atomic mass is 9.88. The van der Waals surface area contributed by atoms with Gasteiger partial charge in [0.1, 0.15) is 9.75 Å². The van der Waals surface area contributed by atoms with Crippen LogP contribution in [0.3, 0.4) is 0 Å². The first kappa shape index (κ1) is 16.6.